The normalized spacial score (nSPS) is 25.1. The molecule has 1 saturated heterocycles. The summed E-state index contributed by atoms with van der Waals surface area (Å²) >= 11 is 0. The average molecular weight is 155 g/mol. The summed E-state index contributed by atoms with van der Waals surface area (Å²) in [6.07, 6.45) is 7.03. The first-order valence-electron chi connectivity index (χ1n) is 5.10. The molecule has 2 unspecified atom stereocenters. The highest BCUT2D eigenvalue weighted by Gasteiger charge is 2.20. The van der Waals surface area contributed by atoms with Gasteiger partial charge < -0.3 is 5.32 Å². The van der Waals surface area contributed by atoms with Gasteiger partial charge in [0.15, 0.2) is 0 Å². The molecule has 1 fully saturated rings. The van der Waals surface area contributed by atoms with Gasteiger partial charge in [0, 0.05) is 12.6 Å². The minimum atomic E-state index is 0.890. The molecule has 0 aromatic rings. The zero-order valence-electron chi connectivity index (χ0n) is 7.90. The van der Waals surface area contributed by atoms with Crippen LogP contribution in [-0.2, 0) is 0 Å². The van der Waals surface area contributed by atoms with Gasteiger partial charge in [-0.1, -0.05) is 33.1 Å². The van der Waals surface area contributed by atoms with Gasteiger partial charge in [0.1, 0.15) is 0 Å². The maximum Gasteiger partial charge on any atom is 0.0193 e. The fourth-order valence-corrected chi connectivity index (χ4v) is 1.69. The zero-order chi connectivity index (χ0) is 8.10. The van der Waals surface area contributed by atoms with Crippen LogP contribution in [0.3, 0.4) is 0 Å². The first-order valence-corrected chi connectivity index (χ1v) is 5.10. The third-order valence-corrected chi connectivity index (χ3v) is 2.69. The highest BCUT2D eigenvalue weighted by atomic mass is 15.1. The SMILES string of the molecule is CCCC(CC)CCC1CN1. The monoisotopic (exact) mass is 155 g/mol. The van der Waals surface area contributed by atoms with Crippen molar-refractivity contribution >= 4 is 0 Å². The highest BCUT2D eigenvalue weighted by molar-refractivity contribution is 4.83. The van der Waals surface area contributed by atoms with E-state index in [0.717, 1.165) is 12.0 Å². The van der Waals surface area contributed by atoms with Crippen molar-refractivity contribution in [2.45, 2.75) is 52.0 Å². The van der Waals surface area contributed by atoms with E-state index in [1.54, 1.807) is 0 Å². The van der Waals surface area contributed by atoms with Crippen molar-refractivity contribution in [1.29, 1.82) is 0 Å². The molecule has 1 rings (SSSR count). The molecule has 0 aromatic heterocycles. The topological polar surface area (TPSA) is 21.9 Å². The molecular formula is C10H21N. The van der Waals surface area contributed by atoms with E-state index in [4.69, 9.17) is 0 Å². The van der Waals surface area contributed by atoms with Crippen LogP contribution in [0.15, 0.2) is 0 Å². The quantitative estimate of drug-likeness (QED) is 0.585. The van der Waals surface area contributed by atoms with Crippen molar-refractivity contribution in [3.63, 3.8) is 0 Å². The van der Waals surface area contributed by atoms with Gasteiger partial charge in [-0.05, 0) is 18.8 Å². The molecule has 2 atom stereocenters. The van der Waals surface area contributed by atoms with Crippen molar-refractivity contribution in [1.82, 2.24) is 5.32 Å². The van der Waals surface area contributed by atoms with Crippen LogP contribution in [0.2, 0.25) is 0 Å². The molecule has 1 heterocycles. The second kappa shape index (κ2) is 4.76. The lowest BCUT2D eigenvalue weighted by Gasteiger charge is -2.12. The Morgan fingerprint density at radius 2 is 2.09 bits per heavy atom. The fourth-order valence-electron chi connectivity index (χ4n) is 1.69. The smallest absolute Gasteiger partial charge is 0.0193 e. The summed E-state index contributed by atoms with van der Waals surface area (Å²) in [5, 5.41) is 3.36. The predicted molar refractivity (Wildman–Crippen MR) is 49.7 cm³/mol. The summed E-state index contributed by atoms with van der Waals surface area (Å²) < 4.78 is 0. The van der Waals surface area contributed by atoms with Crippen molar-refractivity contribution < 1.29 is 0 Å². The van der Waals surface area contributed by atoms with Crippen molar-refractivity contribution in [3.8, 4) is 0 Å². The molecule has 11 heavy (non-hydrogen) atoms. The Morgan fingerprint density at radius 1 is 1.36 bits per heavy atom. The van der Waals surface area contributed by atoms with E-state index in [2.05, 4.69) is 19.2 Å². The number of hydrogen-bond donors (Lipinski definition) is 1. The van der Waals surface area contributed by atoms with Crippen LogP contribution in [0.4, 0.5) is 0 Å². The molecule has 0 radical (unpaired) electrons. The molecule has 1 heteroatoms. The Balaban J connectivity index is 1.98. The van der Waals surface area contributed by atoms with Crippen LogP contribution in [0.5, 0.6) is 0 Å². The van der Waals surface area contributed by atoms with Crippen LogP contribution in [0.25, 0.3) is 0 Å². The van der Waals surface area contributed by atoms with Gasteiger partial charge in [0.25, 0.3) is 0 Å². The summed E-state index contributed by atoms with van der Waals surface area (Å²) in [5.74, 6) is 1.00. The molecule has 1 nitrogen and oxygen atoms in total. The van der Waals surface area contributed by atoms with Gasteiger partial charge in [-0.3, -0.25) is 0 Å². The Morgan fingerprint density at radius 3 is 2.55 bits per heavy atom. The standard InChI is InChI=1S/C10H21N/c1-3-5-9(4-2)6-7-10-8-11-10/h9-11H,3-8H2,1-2H3. The first kappa shape index (κ1) is 9.05. The van der Waals surface area contributed by atoms with E-state index in [1.165, 1.54) is 38.6 Å². The minimum Gasteiger partial charge on any atom is -0.311 e. The molecule has 0 bridgehead atoms. The van der Waals surface area contributed by atoms with Gasteiger partial charge in [-0.25, -0.2) is 0 Å². The van der Waals surface area contributed by atoms with Crippen molar-refractivity contribution in [3.05, 3.63) is 0 Å². The van der Waals surface area contributed by atoms with Crippen LogP contribution >= 0.6 is 0 Å². The molecule has 0 saturated carbocycles. The van der Waals surface area contributed by atoms with Crippen molar-refractivity contribution in [2.75, 3.05) is 6.54 Å². The van der Waals surface area contributed by atoms with Crippen LogP contribution in [0.1, 0.15) is 46.0 Å². The van der Waals surface area contributed by atoms with Crippen LogP contribution in [0, 0.1) is 5.92 Å². The van der Waals surface area contributed by atoms with E-state index in [1.807, 2.05) is 0 Å². The fraction of sp³-hybridized carbons (Fsp3) is 1.00. The van der Waals surface area contributed by atoms with Gasteiger partial charge in [-0.2, -0.15) is 0 Å². The average Bonchev–Trinajstić information content (AvgIpc) is 2.81. The Hall–Kier alpha value is -0.0400. The first-order chi connectivity index (χ1) is 5.36. The van der Waals surface area contributed by atoms with Crippen molar-refractivity contribution in [2.24, 2.45) is 5.92 Å². The second-order valence-electron chi connectivity index (χ2n) is 3.75. The number of hydrogen-bond acceptors (Lipinski definition) is 1. The molecular weight excluding hydrogens is 134 g/mol. The van der Waals surface area contributed by atoms with E-state index in [0.29, 0.717) is 0 Å². The Labute approximate surface area is 70.6 Å². The maximum atomic E-state index is 3.36. The van der Waals surface area contributed by atoms with E-state index in [-0.39, 0.29) is 0 Å². The summed E-state index contributed by atoms with van der Waals surface area (Å²) in [4.78, 5) is 0. The van der Waals surface area contributed by atoms with Gasteiger partial charge in [0.05, 0.1) is 0 Å². The minimum absolute atomic E-state index is 0.890. The predicted octanol–water partition coefficient (Wildman–Crippen LogP) is 2.56. The Kier molecular flexibility index (Phi) is 3.92. The summed E-state index contributed by atoms with van der Waals surface area (Å²) in [6, 6.07) is 0.890. The number of nitrogens with one attached hydrogen (secondary N) is 1. The highest BCUT2D eigenvalue weighted by Crippen LogP contribution is 2.19. The van der Waals surface area contributed by atoms with E-state index in [9.17, 15) is 0 Å². The molecule has 0 amide bonds. The molecule has 0 spiro atoms. The molecule has 1 aliphatic heterocycles. The molecule has 1 aliphatic rings. The van der Waals surface area contributed by atoms with Gasteiger partial charge in [0.2, 0.25) is 0 Å². The largest absolute Gasteiger partial charge is 0.311 e. The van der Waals surface area contributed by atoms with Crippen LogP contribution < -0.4 is 5.32 Å². The zero-order valence-corrected chi connectivity index (χ0v) is 7.90. The lowest BCUT2D eigenvalue weighted by Crippen LogP contribution is -2.01. The molecule has 66 valence electrons. The second-order valence-corrected chi connectivity index (χ2v) is 3.75. The summed E-state index contributed by atoms with van der Waals surface area (Å²) in [5.41, 5.74) is 0. The maximum absolute atomic E-state index is 3.36. The van der Waals surface area contributed by atoms with Gasteiger partial charge in [-0.15, -0.1) is 0 Å². The lowest BCUT2D eigenvalue weighted by molar-refractivity contribution is 0.418. The van der Waals surface area contributed by atoms with Crippen LogP contribution in [-0.4, -0.2) is 12.6 Å². The molecule has 0 aliphatic carbocycles. The molecule has 0 aromatic carbocycles. The number of rotatable bonds is 6. The molecule has 1 N–H and O–H groups in total. The third-order valence-electron chi connectivity index (χ3n) is 2.69. The summed E-state index contributed by atoms with van der Waals surface area (Å²) in [6.45, 7) is 5.89. The van der Waals surface area contributed by atoms with E-state index < -0.39 is 0 Å². The van der Waals surface area contributed by atoms with E-state index >= 15 is 0 Å². The van der Waals surface area contributed by atoms with Gasteiger partial charge >= 0.3 is 0 Å². The third kappa shape index (κ3) is 3.76. The Bertz CT molecular complexity index is 97.0. The summed E-state index contributed by atoms with van der Waals surface area (Å²) in [7, 11) is 0. The lowest BCUT2D eigenvalue weighted by atomic mass is 9.95.